The van der Waals surface area contributed by atoms with E-state index in [0.29, 0.717) is 13.2 Å². The van der Waals surface area contributed by atoms with Crippen LogP contribution in [0.3, 0.4) is 0 Å². The Kier molecular flexibility index (Phi) is 5.78. The number of nitrogens with one attached hydrogen (secondary N) is 1. The first-order valence-electron chi connectivity index (χ1n) is 7.36. The van der Waals surface area contributed by atoms with Gasteiger partial charge in [-0.05, 0) is 37.1 Å². The Bertz CT molecular complexity index is 645. The number of rotatable bonds is 6. The molecule has 0 fully saturated rings. The monoisotopic (exact) mass is 295 g/mol. The van der Waals surface area contributed by atoms with Crippen LogP contribution in [-0.2, 0) is 4.79 Å². The summed E-state index contributed by atoms with van der Waals surface area (Å²) in [7, 11) is 0. The van der Waals surface area contributed by atoms with Crippen molar-refractivity contribution in [2.75, 3.05) is 13.2 Å². The van der Waals surface area contributed by atoms with Gasteiger partial charge in [0.1, 0.15) is 12.4 Å². The first kappa shape index (κ1) is 15.8. The number of hydrogen-bond donors (Lipinski definition) is 1. The van der Waals surface area contributed by atoms with Crippen LogP contribution in [0.25, 0.3) is 6.08 Å². The van der Waals surface area contributed by atoms with Crippen LogP contribution in [0.15, 0.2) is 54.6 Å². The van der Waals surface area contributed by atoms with E-state index < -0.39 is 0 Å². The summed E-state index contributed by atoms with van der Waals surface area (Å²) in [6.07, 6.45) is 3.34. The Hall–Kier alpha value is -2.55. The average molecular weight is 295 g/mol. The summed E-state index contributed by atoms with van der Waals surface area (Å²) in [6.45, 7) is 4.97. The van der Waals surface area contributed by atoms with Gasteiger partial charge in [0.25, 0.3) is 0 Å². The third kappa shape index (κ3) is 5.09. The van der Waals surface area contributed by atoms with Gasteiger partial charge in [-0.15, -0.1) is 0 Å². The summed E-state index contributed by atoms with van der Waals surface area (Å²) < 4.78 is 5.62. The van der Waals surface area contributed by atoms with E-state index in [1.165, 1.54) is 5.56 Å². The zero-order chi connectivity index (χ0) is 15.8. The summed E-state index contributed by atoms with van der Waals surface area (Å²) in [4.78, 5) is 11.7. The maximum Gasteiger partial charge on any atom is 0.244 e. The summed E-state index contributed by atoms with van der Waals surface area (Å²) in [5.41, 5.74) is 3.31. The molecule has 2 rings (SSSR count). The molecule has 114 valence electrons. The molecule has 0 radical (unpaired) electrons. The molecule has 0 aliphatic heterocycles. The highest BCUT2D eigenvalue weighted by Gasteiger charge is 1.98. The maximum absolute atomic E-state index is 11.7. The van der Waals surface area contributed by atoms with Crippen LogP contribution >= 0.6 is 0 Å². The van der Waals surface area contributed by atoms with Gasteiger partial charge in [-0.3, -0.25) is 4.79 Å². The second-order valence-electron chi connectivity index (χ2n) is 5.15. The van der Waals surface area contributed by atoms with Gasteiger partial charge < -0.3 is 10.1 Å². The summed E-state index contributed by atoms with van der Waals surface area (Å²) in [6, 6.07) is 15.8. The molecule has 1 amide bonds. The van der Waals surface area contributed by atoms with Crippen molar-refractivity contribution in [3.05, 3.63) is 71.3 Å². The number of amides is 1. The molecule has 0 aliphatic carbocycles. The molecular formula is C19H21NO2. The van der Waals surface area contributed by atoms with Gasteiger partial charge in [0.15, 0.2) is 0 Å². The van der Waals surface area contributed by atoms with Gasteiger partial charge in [0.2, 0.25) is 5.91 Å². The number of carbonyl (C=O) groups is 1. The van der Waals surface area contributed by atoms with Crippen molar-refractivity contribution < 1.29 is 9.53 Å². The standard InChI is InChI=1S/C19H21NO2/c1-15-7-9-17(10-8-15)11-12-19(21)20-13-14-22-18-6-4-3-5-16(18)2/h3-12H,13-14H2,1-2H3,(H,20,21)/b12-11+. The highest BCUT2D eigenvalue weighted by molar-refractivity contribution is 5.91. The molecule has 0 aromatic heterocycles. The lowest BCUT2D eigenvalue weighted by molar-refractivity contribution is -0.116. The molecule has 0 aliphatic rings. The van der Waals surface area contributed by atoms with E-state index in [1.807, 2.05) is 62.4 Å². The van der Waals surface area contributed by atoms with Gasteiger partial charge in [-0.25, -0.2) is 0 Å². The van der Waals surface area contributed by atoms with Crippen LogP contribution < -0.4 is 10.1 Å². The van der Waals surface area contributed by atoms with Crippen molar-refractivity contribution in [3.8, 4) is 5.75 Å². The summed E-state index contributed by atoms with van der Waals surface area (Å²) in [5.74, 6) is 0.737. The minimum absolute atomic E-state index is 0.117. The van der Waals surface area contributed by atoms with E-state index in [9.17, 15) is 4.79 Å². The lowest BCUT2D eigenvalue weighted by Gasteiger charge is -2.08. The lowest BCUT2D eigenvalue weighted by Crippen LogP contribution is -2.26. The molecule has 3 heteroatoms. The molecule has 3 nitrogen and oxygen atoms in total. The number of ether oxygens (including phenoxy) is 1. The van der Waals surface area contributed by atoms with Crippen LogP contribution in [-0.4, -0.2) is 19.1 Å². The zero-order valence-electron chi connectivity index (χ0n) is 13.0. The van der Waals surface area contributed by atoms with Crippen LogP contribution in [0.5, 0.6) is 5.75 Å². The number of hydrogen-bond acceptors (Lipinski definition) is 2. The molecule has 2 aromatic rings. The Balaban J connectivity index is 1.72. The van der Waals surface area contributed by atoms with Crippen molar-refractivity contribution >= 4 is 12.0 Å². The molecule has 2 aromatic carbocycles. The Labute approximate surface area is 131 Å². The quantitative estimate of drug-likeness (QED) is 0.654. The first-order chi connectivity index (χ1) is 10.6. The zero-order valence-corrected chi connectivity index (χ0v) is 13.0. The highest BCUT2D eigenvalue weighted by Crippen LogP contribution is 2.15. The average Bonchev–Trinajstić information content (AvgIpc) is 2.52. The van der Waals surface area contributed by atoms with E-state index in [2.05, 4.69) is 5.32 Å². The van der Waals surface area contributed by atoms with Gasteiger partial charge in [0.05, 0.1) is 6.54 Å². The fourth-order valence-electron chi connectivity index (χ4n) is 1.96. The van der Waals surface area contributed by atoms with Gasteiger partial charge >= 0.3 is 0 Å². The second kappa shape index (κ2) is 8.03. The van der Waals surface area contributed by atoms with Crippen LogP contribution in [0.4, 0.5) is 0 Å². The Morgan fingerprint density at radius 2 is 1.82 bits per heavy atom. The van der Waals surface area contributed by atoms with Crippen molar-refractivity contribution in [2.45, 2.75) is 13.8 Å². The van der Waals surface area contributed by atoms with Crippen molar-refractivity contribution in [1.29, 1.82) is 0 Å². The third-order valence-electron chi connectivity index (χ3n) is 3.26. The van der Waals surface area contributed by atoms with Gasteiger partial charge in [-0.2, -0.15) is 0 Å². The van der Waals surface area contributed by atoms with Crippen LogP contribution in [0.2, 0.25) is 0 Å². The first-order valence-corrected chi connectivity index (χ1v) is 7.36. The van der Waals surface area contributed by atoms with Crippen LogP contribution in [0, 0.1) is 13.8 Å². The van der Waals surface area contributed by atoms with Crippen molar-refractivity contribution in [1.82, 2.24) is 5.32 Å². The fourth-order valence-corrected chi connectivity index (χ4v) is 1.96. The summed E-state index contributed by atoms with van der Waals surface area (Å²) >= 11 is 0. The minimum Gasteiger partial charge on any atom is -0.491 e. The molecule has 1 N–H and O–H groups in total. The Morgan fingerprint density at radius 3 is 2.55 bits per heavy atom. The highest BCUT2D eigenvalue weighted by atomic mass is 16.5. The Morgan fingerprint density at radius 1 is 1.09 bits per heavy atom. The topological polar surface area (TPSA) is 38.3 Å². The molecule has 0 unspecified atom stereocenters. The number of para-hydroxylation sites is 1. The van der Waals surface area contributed by atoms with E-state index in [4.69, 9.17) is 4.74 Å². The normalized spacial score (nSPS) is 10.6. The predicted molar refractivity (Wildman–Crippen MR) is 89.9 cm³/mol. The lowest BCUT2D eigenvalue weighted by atomic mass is 10.1. The SMILES string of the molecule is Cc1ccc(/C=C/C(=O)NCCOc2ccccc2C)cc1. The molecular weight excluding hydrogens is 274 g/mol. The molecule has 0 bridgehead atoms. The smallest absolute Gasteiger partial charge is 0.244 e. The van der Waals surface area contributed by atoms with E-state index in [-0.39, 0.29) is 5.91 Å². The van der Waals surface area contributed by atoms with Crippen LogP contribution in [0.1, 0.15) is 16.7 Å². The van der Waals surface area contributed by atoms with E-state index >= 15 is 0 Å². The number of carbonyl (C=O) groups excluding carboxylic acids is 1. The van der Waals surface area contributed by atoms with Gasteiger partial charge in [-0.1, -0.05) is 48.0 Å². The van der Waals surface area contributed by atoms with E-state index in [0.717, 1.165) is 16.9 Å². The molecule has 0 atom stereocenters. The van der Waals surface area contributed by atoms with E-state index in [1.54, 1.807) is 12.2 Å². The number of aryl methyl sites for hydroxylation is 2. The van der Waals surface area contributed by atoms with Crippen molar-refractivity contribution in [2.24, 2.45) is 0 Å². The minimum atomic E-state index is -0.117. The molecule has 0 saturated heterocycles. The summed E-state index contributed by atoms with van der Waals surface area (Å²) in [5, 5.41) is 2.80. The largest absolute Gasteiger partial charge is 0.491 e. The molecule has 22 heavy (non-hydrogen) atoms. The number of benzene rings is 2. The fraction of sp³-hybridized carbons (Fsp3) is 0.211. The predicted octanol–water partition coefficient (Wildman–Crippen LogP) is 3.51. The van der Waals surface area contributed by atoms with Crippen molar-refractivity contribution in [3.63, 3.8) is 0 Å². The molecule has 0 heterocycles. The molecule has 0 spiro atoms. The third-order valence-corrected chi connectivity index (χ3v) is 3.26. The molecule has 0 saturated carbocycles. The second-order valence-corrected chi connectivity index (χ2v) is 5.15. The van der Waals surface area contributed by atoms with Gasteiger partial charge in [0, 0.05) is 6.08 Å². The maximum atomic E-state index is 11.7.